The van der Waals surface area contributed by atoms with Crippen LogP contribution in [0.2, 0.25) is 0 Å². The van der Waals surface area contributed by atoms with Gasteiger partial charge < -0.3 is 10.4 Å². The van der Waals surface area contributed by atoms with Gasteiger partial charge in [-0.3, -0.25) is 9.69 Å². The SMILES string of the molecule is CC(C)N1CCCCC1C(=O)NCCCC(C)(C)CO. The van der Waals surface area contributed by atoms with E-state index in [1.165, 1.54) is 6.42 Å². The van der Waals surface area contributed by atoms with Crippen molar-refractivity contribution in [1.82, 2.24) is 10.2 Å². The van der Waals surface area contributed by atoms with Gasteiger partial charge in [-0.25, -0.2) is 0 Å². The molecule has 4 nitrogen and oxygen atoms in total. The fraction of sp³-hybridized carbons (Fsp3) is 0.938. The van der Waals surface area contributed by atoms with Crippen LogP contribution in [0, 0.1) is 5.41 Å². The van der Waals surface area contributed by atoms with E-state index in [4.69, 9.17) is 0 Å². The maximum atomic E-state index is 12.3. The van der Waals surface area contributed by atoms with Crippen molar-refractivity contribution >= 4 is 5.91 Å². The van der Waals surface area contributed by atoms with E-state index >= 15 is 0 Å². The van der Waals surface area contributed by atoms with Gasteiger partial charge in [0.25, 0.3) is 0 Å². The first-order valence-electron chi connectivity index (χ1n) is 8.02. The van der Waals surface area contributed by atoms with Crippen molar-refractivity contribution in [2.24, 2.45) is 5.41 Å². The first-order chi connectivity index (χ1) is 9.37. The molecule has 1 rings (SSSR count). The molecule has 4 heteroatoms. The van der Waals surface area contributed by atoms with Crippen LogP contribution in [0.1, 0.15) is 59.8 Å². The minimum Gasteiger partial charge on any atom is -0.396 e. The molecule has 0 spiro atoms. The van der Waals surface area contributed by atoms with Crippen molar-refractivity contribution in [2.75, 3.05) is 19.7 Å². The third-order valence-electron chi connectivity index (χ3n) is 4.27. The van der Waals surface area contributed by atoms with Gasteiger partial charge in [-0.05, 0) is 51.5 Å². The lowest BCUT2D eigenvalue weighted by molar-refractivity contribution is -0.128. The lowest BCUT2D eigenvalue weighted by atomic mass is 9.89. The summed E-state index contributed by atoms with van der Waals surface area (Å²) in [5, 5.41) is 12.3. The average molecular weight is 284 g/mol. The molecular weight excluding hydrogens is 252 g/mol. The first kappa shape index (κ1) is 17.4. The minimum absolute atomic E-state index is 0.0421. The van der Waals surface area contributed by atoms with E-state index in [1.54, 1.807) is 0 Å². The summed E-state index contributed by atoms with van der Waals surface area (Å²) in [6.45, 7) is 10.4. The zero-order valence-corrected chi connectivity index (χ0v) is 13.6. The van der Waals surface area contributed by atoms with Crippen LogP contribution < -0.4 is 5.32 Å². The molecule has 1 atom stereocenters. The highest BCUT2D eigenvalue weighted by Crippen LogP contribution is 2.21. The summed E-state index contributed by atoms with van der Waals surface area (Å²) in [5.41, 5.74) is -0.0421. The van der Waals surface area contributed by atoms with Crippen LogP contribution in [-0.2, 0) is 4.79 Å². The Morgan fingerprint density at radius 2 is 2.10 bits per heavy atom. The van der Waals surface area contributed by atoms with Crippen LogP contribution in [0.15, 0.2) is 0 Å². The fourth-order valence-corrected chi connectivity index (χ4v) is 2.83. The summed E-state index contributed by atoms with van der Waals surface area (Å²) in [6.07, 6.45) is 5.19. The number of amides is 1. The number of carbonyl (C=O) groups excluding carboxylic acids is 1. The van der Waals surface area contributed by atoms with Gasteiger partial charge in [-0.1, -0.05) is 20.3 Å². The third-order valence-corrected chi connectivity index (χ3v) is 4.27. The van der Waals surface area contributed by atoms with E-state index < -0.39 is 0 Å². The predicted octanol–water partition coefficient (Wildman–Crippen LogP) is 2.16. The zero-order valence-electron chi connectivity index (χ0n) is 13.6. The summed E-state index contributed by atoms with van der Waals surface area (Å²) in [7, 11) is 0. The van der Waals surface area contributed by atoms with Gasteiger partial charge in [0, 0.05) is 19.2 Å². The number of nitrogens with zero attached hydrogens (tertiary/aromatic N) is 1. The predicted molar refractivity (Wildman–Crippen MR) is 82.6 cm³/mol. The number of hydrogen-bond donors (Lipinski definition) is 2. The van der Waals surface area contributed by atoms with Crippen molar-refractivity contribution in [3.63, 3.8) is 0 Å². The Labute approximate surface area is 123 Å². The highest BCUT2D eigenvalue weighted by atomic mass is 16.3. The number of aliphatic hydroxyl groups excluding tert-OH is 1. The lowest BCUT2D eigenvalue weighted by Gasteiger charge is -2.37. The van der Waals surface area contributed by atoms with Gasteiger partial charge in [-0.2, -0.15) is 0 Å². The standard InChI is InChI=1S/C16H32N2O2/c1-13(2)18-11-6-5-8-14(18)15(20)17-10-7-9-16(3,4)12-19/h13-14,19H,5-12H2,1-4H3,(H,17,20). The Balaban J connectivity index is 2.34. The molecule has 2 N–H and O–H groups in total. The Morgan fingerprint density at radius 3 is 2.70 bits per heavy atom. The number of aliphatic hydroxyl groups is 1. The number of likely N-dealkylation sites (tertiary alicyclic amines) is 1. The largest absolute Gasteiger partial charge is 0.396 e. The summed E-state index contributed by atoms with van der Waals surface area (Å²) >= 11 is 0. The topological polar surface area (TPSA) is 52.6 Å². The van der Waals surface area contributed by atoms with Gasteiger partial charge in [0.05, 0.1) is 6.04 Å². The minimum atomic E-state index is -0.0421. The van der Waals surface area contributed by atoms with Crippen LogP contribution in [0.4, 0.5) is 0 Å². The van der Waals surface area contributed by atoms with Crippen LogP contribution in [0.3, 0.4) is 0 Å². The molecule has 0 aliphatic carbocycles. The van der Waals surface area contributed by atoms with Crippen LogP contribution in [-0.4, -0.2) is 47.7 Å². The second-order valence-corrected chi connectivity index (χ2v) is 7.06. The van der Waals surface area contributed by atoms with Crippen LogP contribution >= 0.6 is 0 Å². The van der Waals surface area contributed by atoms with E-state index in [0.29, 0.717) is 12.6 Å². The first-order valence-corrected chi connectivity index (χ1v) is 8.02. The summed E-state index contributed by atoms with van der Waals surface area (Å²) in [6, 6.07) is 0.481. The molecule has 0 aromatic carbocycles. The quantitative estimate of drug-likeness (QED) is 0.704. The highest BCUT2D eigenvalue weighted by molar-refractivity contribution is 5.81. The van der Waals surface area contributed by atoms with Crippen molar-refractivity contribution < 1.29 is 9.90 Å². The molecule has 0 aromatic rings. The Kier molecular flexibility index (Phi) is 6.96. The summed E-state index contributed by atoms with van der Waals surface area (Å²) in [5.74, 6) is 0.181. The zero-order chi connectivity index (χ0) is 15.2. The number of piperidine rings is 1. The number of rotatable bonds is 7. The maximum absolute atomic E-state index is 12.3. The van der Waals surface area contributed by atoms with E-state index in [0.717, 1.165) is 32.2 Å². The van der Waals surface area contributed by atoms with Crippen molar-refractivity contribution in [3.8, 4) is 0 Å². The Hall–Kier alpha value is -0.610. The molecule has 0 radical (unpaired) electrons. The highest BCUT2D eigenvalue weighted by Gasteiger charge is 2.29. The normalized spacial score (nSPS) is 21.2. The van der Waals surface area contributed by atoms with Gasteiger partial charge in [0.15, 0.2) is 0 Å². The van der Waals surface area contributed by atoms with E-state index in [9.17, 15) is 9.90 Å². The molecule has 1 unspecified atom stereocenters. The van der Waals surface area contributed by atoms with E-state index in [2.05, 4.69) is 37.9 Å². The molecule has 1 aliphatic rings. The molecule has 1 fully saturated rings. The maximum Gasteiger partial charge on any atom is 0.237 e. The second-order valence-electron chi connectivity index (χ2n) is 7.06. The van der Waals surface area contributed by atoms with Gasteiger partial charge in [0.1, 0.15) is 0 Å². The molecule has 0 saturated carbocycles. The van der Waals surface area contributed by atoms with Crippen LogP contribution in [0.25, 0.3) is 0 Å². The molecule has 1 saturated heterocycles. The van der Waals surface area contributed by atoms with Crippen molar-refractivity contribution in [1.29, 1.82) is 0 Å². The summed E-state index contributed by atoms with van der Waals surface area (Å²) < 4.78 is 0. The molecule has 1 heterocycles. The number of carbonyl (C=O) groups is 1. The summed E-state index contributed by atoms with van der Waals surface area (Å²) in [4.78, 5) is 14.6. The molecule has 0 aromatic heterocycles. The molecule has 20 heavy (non-hydrogen) atoms. The number of hydrogen-bond acceptors (Lipinski definition) is 3. The molecule has 1 amide bonds. The van der Waals surface area contributed by atoms with E-state index in [-0.39, 0.29) is 24.0 Å². The van der Waals surface area contributed by atoms with Gasteiger partial charge >= 0.3 is 0 Å². The smallest absolute Gasteiger partial charge is 0.237 e. The van der Waals surface area contributed by atoms with Crippen molar-refractivity contribution in [3.05, 3.63) is 0 Å². The molecule has 118 valence electrons. The number of nitrogens with one attached hydrogen (secondary N) is 1. The van der Waals surface area contributed by atoms with Gasteiger partial charge in [-0.15, -0.1) is 0 Å². The Bertz CT molecular complexity index is 303. The lowest BCUT2D eigenvalue weighted by Crippen LogP contribution is -2.52. The van der Waals surface area contributed by atoms with Crippen molar-refractivity contribution in [2.45, 2.75) is 71.9 Å². The second kappa shape index (κ2) is 7.99. The van der Waals surface area contributed by atoms with Gasteiger partial charge in [0.2, 0.25) is 5.91 Å². The molecular formula is C16H32N2O2. The Morgan fingerprint density at radius 1 is 1.40 bits per heavy atom. The molecule has 0 bridgehead atoms. The monoisotopic (exact) mass is 284 g/mol. The molecule has 1 aliphatic heterocycles. The third kappa shape index (κ3) is 5.41. The van der Waals surface area contributed by atoms with Crippen LogP contribution in [0.5, 0.6) is 0 Å². The fourth-order valence-electron chi connectivity index (χ4n) is 2.83. The van der Waals surface area contributed by atoms with E-state index in [1.807, 2.05) is 0 Å². The average Bonchev–Trinajstić information content (AvgIpc) is 2.43.